The minimum absolute atomic E-state index is 0.0833. The Morgan fingerprint density at radius 1 is 0.882 bits per heavy atom. The summed E-state index contributed by atoms with van der Waals surface area (Å²) < 4.78 is 10.6. The number of aliphatic hydroxyl groups is 1. The molecule has 0 amide bonds. The molecule has 0 fully saturated rings. The van der Waals surface area contributed by atoms with E-state index in [4.69, 9.17) is 14.6 Å². The molecular weight excluding hydrogens is 436 g/mol. The van der Waals surface area contributed by atoms with Crippen molar-refractivity contribution in [3.05, 3.63) is 107 Å². The van der Waals surface area contributed by atoms with Crippen LogP contribution in [0.1, 0.15) is 43.5 Å². The van der Waals surface area contributed by atoms with Gasteiger partial charge in [0.2, 0.25) is 0 Å². The molecule has 3 N–H and O–H groups in total. The summed E-state index contributed by atoms with van der Waals surface area (Å²) in [5, 5.41) is 31.6. The summed E-state index contributed by atoms with van der Waals surface area (Å²) in [6.45, 7) is 0.0833. The zero-order chi connectivity index (χ0) is 24.2. The fourth-order valence-electron chi connectivity index (χ4n) is 3.63. The third-order valence-corrected chi connectivity index (χ3v) is 5.49. The zero-order valence-electron chi connectivity index (χ0n) is 18.3. The van der Waals surface area contributed by atoms with Crippen molar-refractivity contribution in [3.63, 3.8) is 0 Å². The summed E-state index contributed by atoms with van der Waals surface area (Å²) in [5.74, 6) is -1.03. The molecule has 1 atom stereocenters. The fourth-order valence-corrected chi connectivity index (χ4v) is 3.63. The molecule has 4 aromatic rings. The van der Waals surface area contributed by atoms with Crippen LogP contribution < -0.4 is 4.74 Å². The number of aromatic hydroxyl groups is 1. The molecule has 4 aromatic carbocycles. The summed E-state index contributed by atoms with van der Waals surface area (Å²) in [6.07, 6.45) is -1.18. The summed E-state index contributed by atoms with van der Waals surface area (Å²) in [7, 11) is 1.56. The number of hydrogen-bond donors (Lipinski definition) is 3. The van der Waals surface area contributed by atoms with E-state index in [1.54, 1.807) is 43.5 Å². The lowest BCUT2D eigenvalue weighted by Crippen LogP contribution is -2.05. The fraction of sp³-hybridized carbons (Fsp3) is 0.111. The van der Waals surface area contributed by atoms with Gasteiger partial charge in [-0.2, -0.15) is 0 Å². The summed E-state index contributed by atoms with van der Waals surface area (Å²) in [6, 6.07) is 21.0. The molecule has 34 heavy (non-hydrogen) atoms. The quantitative estimate of drug-likeness (QED) is 0.344. The number of ether oxygens (including phenoxy) is 2. The van der Waals surface area contributed by atoms with Crippen LogP contribution >= 0.6 is 0 Å². The third-order valence-electron chi connectivity index (χ3n) is 5.49. The van der Waals surface area contributed by atoms with Gasteiger partial charge >= 0.3 is 11.9 Å². The van der Waals surface area contributed by atoms with E-state index in [1.807, 2.05) is 12.1 Å². The van der Waals surface area contributed by atoms with Gasteiger partial charge in [-0.15, -0.1) is 0 Å². The van der Waals surface area contributed by atoms with E-state index in [-0.39, 0.29) is 23.5 Å². The van der Waals surface area contributed by atoms with Gasteiger partial charge < -0.3 is 24.8 Å². The van der Waals surface area contributed by atoms with Crippen LogP contribution in [0.3, 0.4) is 0 Å². The predicted octanol–water partition coefficient (Wildman–Crippen LogP) is 4.69. The molecule has 7 nitrogen and oxygen atoms in total. The maximum atomic E-state index is 12.6. The molecule has 0 spiro atoms. The van der Waals surface area contributed by atoms with Crippen molar-refractivity contribution in [1.29, 1.82) is 0 Å². The lowest BCUT2D eigenvalue weighted by atomic mass is 9.96. The molecule has 0 aliphatic carbocycles. The number of carbonyl (C=O) groups is 2. The number of phenols is 1. The van der Waals surface area contributed by atoms with Gasteiger partial charge in [-0.25, -0.2) is 9.59 Å². The number of hydrogen-bond acceptors (Lipinski definition) is 6. The number of esters is 1. The van der Waals surface area contributed by atoms with Crippen LogP contribution in [0.2, 0.25) is 0 Å². The average Bonchev–Trinajstić information content (AvgIpc) is 2.86. The largest absolute Gasteiger partial charge is 0.508 e. The highest BCUT2D eigenvalue weighted by atomic mass is 16.5. The van der Waals surface area contributed by atoms with Gasteiger partial charge in [0.25, 0.3) is 0 Å². The van der Waals surface area contributed by atoms with Crippen LogP contribution in [0.15, 0.2) is 78.9 Å². The van der Waals surface area contributed by atoms with Crippen molar-refractivity contribution >= 4 is 22.7 Å². The monoisotopic (exact) mass is 458 g/mol. The second-order valence-electron chi connectivity index (χ2n) is 7.73. The van der Waals surface area contributed by atoms with Gasteiger partial charge in [-0.3, -0.25) is 0 Å². The van der Waals surface area contributed by atoms with E-state index in [0.29, 0.717) is 27.6 Å². The third kappa shape index (κ3) is 4.84. The highest BCUT2D eigenvalue weighted by Gasteiger charge is 2.17. The van der Waals surface area contributed by atoms with Gasteiger partial charge in [0.1, 0.15) is 24.2 Å². The maximum Gasteiger partial charge on any atom is 0.338 e. The lowest BCUT2D eigenvalue weighted by molar-refractivity contribution is 0.0472. The Labute approximate surface area is 195 Å². The number of fused-ring (bicyclic) bond motifs is 1. The van der Waals surface area contributed by atoms with E-state index < -0.39 is 18.0 Å². The second kappa shape index (κ2) is 9.64. The smallest absolute Gasteiger partial charge is 0.338 e. The molecule has 0 saturated heterocycles. The minimum atomic E-state index is -1.18. The maximum absolute atomic E-state index is 12.6. The topological polar surface area (TPSA) is 113 Å². The van der Waals surface area contributed by atoms with Gasteiger partial charge in [0.15, 0.2) is 0 Å². The summed E-state index contributed by atoms with van der Waals surface area (Å²) in [4.78, 5) is 23.7. The number of methoxy groups -OCH3 is 1. The highest BCUT2D eigenvalue weighted by molar-refractivity contribution is 5.96. The van der Waals surface area contributed by atoms with E-state index in [9.17, 15) is 19.8 Å². The van der Waals surface area contributed by atoms with Crippen LogP contribution in [0.25, 0.3) is 10.8 Å². The minimum Gasteiger partial charge on any atom is -0.508 e. The van der Waals surface area contributed by atoms with Gasteiger partial charge in [-0.05, 0) is 70.4 Å². The van der Waals surface area contributed by atoms with Crippen LogP contribution in [-0.2, 0) is 11.3 Å². The Morgan fingerprint density at radius 3 is 2.32 bits per heavy atom. The number of carbonyl (C=O) groups excluding carboxylic acids is 1. The normalized spacial score (nSPS) is 11.7. The van der Waals surface area contributed by atoms with Gasteiger partial charge in [0, 0.05) is 5.56 Å². The Hall–Kier alpha value is -4.36. The van der Waals surface area contributed by atoms with Crippen molar-refractivity contribution in [2.75, 3.05) is 7.11 Å². The molecule has 7 heteroatoms. The van der Waals surface area contributed by atoms with Crippen LogP contribution in [-0.4, -0.2) is 34.4 Å². The van der Waals surface area contributed by atoms with Crippen molar-refractivity contribution < 1.29 is 34.4 Å². The number of phenolic OH excluding ortho intramolecular Hbond substituents is 1. The van der Waals surface area contributed by atoms with Crippen molar-refractivity contribution in [3.8, 4) is 11.5 Å². The summed E-state index contributed by atoms with van der Waals surface area (Å²) >= 11 is 0. The molecule has 172 valence electrons. The lowest BCUT2D eigenvalue weighted by Gasteiger charge is -2.15. The van der Waals surface area contributed by atoms with Crippen LogP contribution in [0.5, 0.6) is 11.5 Å². The Morgan fingerprint density at radius 2 is 1.62 bits per heavy atom. The first-order chi connectivity index (χ1) is 16.4. The zero-order valence-corrected chi connectivity index (χ0v) is 18.3. The number of rotatable bonds is 7. The number of benzene rings is 4. The van der Waals surface area contributed by atoms with Crippen molar-refractivity contribution in [2.45, 2.75) is 12.7 Å². The molecule has 0 aliphatic rings. The van der Waals surface area contributed by atoms with E-state index in [1.165, 1.54) is 30.3 Å². The first kappa shape index (κ1) is 22.8. The SMILES string of the molecule is COc1cccc(COC(=O)c2ccc3cc(O)c(C(O)c4ccc(C(=O)O)cc4)cc3c2)c1. The molecule has 0 bridgehead atoms. The summed E-state index contributed by atoms with van der Waals surface area (Å²) in [5.41, 5.74) is 1.87. The van der Waals surface area contributed by atoms with Gasteiger partial charge in [0.05, 0.1) is 18.2 Å². The molecule has 1 unspecified atom stereocenters. The molecule has 0 heterocycles. The molecule has 0 radical (unpaired) electrons. The standard InChI is InChI=1S/C27H22O7/c1-33-22-4-2-3-16(11-22)15-34-27(32)20-10-9-19-14-24(28)23(13-21(19)12-20)25(29)17-5-7-18(8-6-17)26(30)31/h2-14,25,28-29H,15H2,1H3,(H,30,31). The highest BCUT2D eigenvalue weighted by Crippen LogP contribution is 2.33. The number of aromatic carboxylic acids is 1. The molecule has 0 aromatic heterocycles. The Kier molecular flexibility index (Phi) is 6.47. The Balaban J connectivity index is 1.57. The van der Waals surface area contributed by atoms with E-state index in [0.717, 1.165) is 5.56 Å². The number of carboxylic acids is 1. The van der Waals surface area contributed by atoms with Crippen LogP contribution in [0, 0.1) is 0 Å². The molecule has 0 aliphatic heterocycles. The van der Waals surface area contributed by atoms with Crippen molar-refractivity contribution in [1.82, 2.24) is 0 Å². The molecule has 4 rings (SSSR count). The predicted molar refractivity (Wildman–Crippen MR) is 125 cm³/mol. The molecule has 0 saturated carbocycles. The van der Waals surface area contributed by atoms with Crippen molar-refractivity contribution in [2.24, 2.45) is 0 Å². The first-order valence-electron chi connectivity index (χ1n) is 10.4. The van der Waals surface area contributed by atoms with E-state index >= 15 is 0 Å². The van der Waals surface area contributed by atoms with Crippen LogP contribution in [0.4, 0.5) is 0 Å². The molecular formula is C27H22O7. The van der Waals surface area contributed by atoms with Gasteiger partial charge in [-0.1, -0.05) is 30.3 Å². The first-order valence-corrected chi connectivity index (χ1v) is 10.4. The average molecular weight is 458 g/mol. The second-order valence-corrected chi connectivity index (χ2v) is 7.73. The Bertz CT molecular complexity index is 1360. The van der Waals surface area contributed by atoms with E-state index in [2.05, 4.69) is 0 Å². The number of aliphatic hydroxyl groups excluding tert-OH is 1. The number of carboxylic acid groups (broad SMARTS) is 1.